The minimum absolute atomic E-state index is 0.234. The van der Waals surface area contributed by atoms with Crippen LogP contribution in [0.15, 0.2) is 61.2 Å². The number of hydrogen-bond donors (Lipinski definition) is 2. The van der Waals surface area contributed by atoms with E-state index in [9.17, 15) is 0 Å². The first-order chi connectivity index (χ1) is 16.3. The third-order valence-corrected chi connectivity index (χ3v) is 5.99. The highest BCUT2D eigenvalue weighted by molar-refractivity contribution is 6.30. The monoisotopic (exact) mass is 476 g/mol. The molecule has 1 aliphatic rings. The van der Waals surface area contributed by atoms with Crippen LogP contribution >= 0.6 is 11.6 Å². The molecule has 9 heteroatoms. The van der Waals surface area contributed by atoms with E-state index in [4.69, 9.17) is 26.8 Å². The number of nitrogens with zero attached hydrogens (tertiary/aromatic N) is 4. The highest BCUT2D eigenvalue weighted by Gasteiger charge is 2.41. The van der Waals surface area contributed by atoms with Crippen molar-refractivity contribution in [1.82, 2.24) is 15.0 Å². The molecule has 1 saturated heterocycles. The molecular weight excluding hydrogens is 452 g/mol. The molecule has 1 fully saturated rings. The molecule has 0 aliphatic carbocycles. The van der Waals surface area contributed by atoms with Crippen LogP contribution in [-0.2, 0) is 4.74 Å². The van der Waals surface area contributed by atoms with Crippen molar-refractivity contribution in [2.75, 3.05) is 22.6 Å². The van der Waals surface area contributed by atoms with Gasteiger partial charge in [-0.2, -0.15) is 0 Å². The largest absolute Gasteiger partial charge is 0.455 e. The van der Waals surface area contributed by atoms with E-state index in [-0.39, 0.29) is 11.9 Å². The molecule has 34 heavy (non-hydrogen) atoms. The fourth-order valence-corrected chi connectivity index (χ4v) is 4.28. The number of aromatic nitrogens is 3. The minimum Gasteiger partial charge on any atom is -0.455 e. The average molecular weight is 477 g/mol. The van der Waals surface area contributed by atoms with Gasteiger partial charge in [0.1, 0.15) is 23.6 Å². The van der Waals surface area contributed by atoms with Gasteiger partial charge in [0.2, 0.25) is 6.35 Å². The van der Waals surface area contributed by atoms with Crippen molar-refractivity contribution in [3.63, 3.8) is 0 Å². The number of hydrogen-bond acceptors (Lipinski definition) is 8. The number of nitrogen functional groups attached to an aromatic ring is 1. The van der Waals surface area contributed by atoms with Gasteiger partial charge in [0, 0.05) is 29.0 Å². The number of nitrogens with one attached hydrogen (secondary N) is 1. The summed E-state index contributed by atoms with van der Waals surface area (Å²) in [5.74, 6) is 1.77. The van der Waals surface area contributed by atoms with Gasteiger partial charge in [-0.25, -0.2) is 9.97 Å². The van der Waals surface area contributed by atoms with E-state index in [2.05, 4.69) is 45.1 Å². The van der Waals surface area contributed by atoms with Crippen LogP contribution in [0.2, 0.25) is 5.02 Å². The van der Waals surface area contributed by atoms with Crippen molar-refractivity contribution in [3.05, 3.63) is 71.8 Å². The van der Waals surface area contributed by atoms with E-state index in [0.717, 1.165) is 33.6 Å². The molecule has 1 unspecified atom stereocenters. The molecule has 0 amide bonds. The Morgan fingerprint density at radius 1 is 1.15 bits per heavy atom. The molecule has 1 aliphatic heterocycles. The highest BCUT2D eigenvalue weighted by Crippen LogP contribution is 2.37. The van der Waals surface area contributed by atoms with Gasteiger partial charge in [-0.15, -0.1) is 0 Å². The summed E-state index contributed by atoms with van der Waals surface area (Å²) >= 11 is 6.03. The zero-order valence-electron chi connectivity index (χ0n) is 19.1. The van der Waals surface area contributed by atoms with E-state index >= 15 is 0 Å². The second-order valence-electron chi connectivity index (χ2n) is 8.87. The molecule has 3 heterocycles. The van der Waals surface area contributed by atoms with Gasteiger partial charge in [-0.3, -0.25) is 4.98 Å². The maximum absolute atomic E-state index is 6.16. The number of anilines is 3. The van der Waals surface area contributed by atoms with E-state index < -0.39 is 0 Å². The average Bonchev–Trinajstić information content (AvgIpc) is 3.09. The predicted octanol–water partition coefficient (Wildman–Crippen LogP) is 5.37. The lowest BCUT2D eigenvalue weighted by Gasteiger charge is -2.36. The van der Waals surface area contributed by atoms with E-state index in [1.165, 1.54) is 6.33 Å². The molecule has 2 aromatic heterocycles. The summed E-state index contributed by atoms with van der Waals surface area (Å²) in [5, 5.41) is 4.81. The Morgan fingerprint density at radius 3 is 2.79 bits per heavy atom. The Balaban J connectivity index is 1.42. The summed E-state index contributed by atoms with van der Waals surface area (Å²) in [4.78, 5) is 14.7. The summed E-state index contributed by atoms with van der Waals surface area (Å²) in [6.07, 6.45) is 4.30. The Labute approximate surface area is 202 Å². The van der Waals surface area contributed by atoms with Crippen molar-refractivity contribution in [2.24, 2.45) is 0 Å². The molecule has 2 aromatic carbocycles. The molecule has 0 bridgehead atoms. The lowest BCUT2D eigenvalue weighted by atomic mass is 10.0. The number of ether oxygens (including phenoxy) is 2. The van der Waals surface area contributed by atoms with E-state index in [1.807, 2.05) is 37.3 Å². The van der Waals surface area contributed by atoms with Gasteiger partial charge in [0.25, 0.3) is 0 Å². The zero-order valence-corrected chi connectivity index (χ0v) is 19.9. The molecule has 3 N–H and O–H groups in total. The highest BCUT2D eigenvalue weighted by atomic mass is 35.5. The Kier molecular flexibility index (Phi) is 5.63. The number of benzene rings is 2. The fraction of sp³-hybridized carbons (Fsp3) is 0.240. The summed E-state index contributed by atoms with van der Waals surface area (Å²) in [6, 6.07) is 13.6. The third kappa shape index (κ3) is 4.30. The van der Waals surface area contributed by atoms with Crippen LogP contribution in [0.1, 0.15) is 19.4 Å². The van der Waals surface area contributed by atoms with Crippen molar-refractivity contribution in [1.29, 1.82) is 0 Å². The van der Waals surface area contributed by atoms with Crippen molar-refractivity contribution in [2.45, 2.75) is 32.7 Å². The Bertz CT molecular complexity index is 1360. The second-order valence-corrected chi connectivity index (χ2v) is 9.31. The van der Waals surface area contributed by atoms with Crippen LogP contribution in [0.4, 0.5) is 17.2 Å². The van der Waals surface area contributed by atoms with Gasteiger partial charge in [0.05, 0.1) is 28.9 Å². The molecule has 5 rings (SSSR count). The standard InChI is InChI=1S/C25H25ClN6O2/c1-15-8-18(5-7-22(15)34-19-9-16(26)11-28-12-19)32-24(33-13-25(32,2)3)31-17-4-6-21-20(10-17)23(27)30-14-29-21/h4-12,14,24,31H,13H2,1-3H3,(H2,27,29,30). The number of rotatable bonds is 5. The van der Waals surface area contributed by atoms with Gasteiger partial charge in [-0.1, -0.05) is 11.6 Å². The summed E-state index contributed by atoms with van der Waals surface area (Å²) in [5.41, 5.74) is 9.47. The minimum atomic E-state index is -0.374. The SMILES string of the molecule is Cc1cc(N2C(Nc3ccc4ncnc(N)c4c3)OCC2(C)C)ccc1Oc1cncc(Cl)c1. The molecule has 174 valence electrons. The van der Waals surface area contributed by atoms with Crippen LogP contribution < -0.4 is 20.7 Å². The van der Waals surface area contributed by atoms with Gasteiger partial charge < -0.3 is 25.4 Å². The Hall–Kier alpha value is -3.62. The third-order valence-electron chi connectivity index (χ3n) is 5.78. The second kappa shape index (κ2) is 8.62. The maximum atomic E-state index is 6.16. The van der Waals surface area contributed by atoms with Crippen molar-refractivity contribution < 1.29 is 9.47 Å². The predicted molar refractivity (Wildman–Crippen MR) is 134 cm³/mol. The summed E-state index contributed by atoms with van der Waals surface area (Å²) in [6.45, 7) is 6.88. The zero-order chi connectivity index (χ0) is 23.9. The number of aryl methyl sites for hydroxylation is 1. The van der Waals surface area contributed by atoms with Crippen molar-refractivity contribution >= 4 is 39.7 Å². The van der Waals surface area contributed by atoms with Crippen LogP contribution in [-0.4, -0.2) is 33.4 Å². The maximum Gasteiger partial charge on any atom is 0.208 e. The summed E-state index contributed by atoms with van der Waals surface area (Å²) < 4.78 is 12.2. The number of pyridine rings is 1. The van der Waals surface area contributed by atoms with Crippen molar-refractivity contribution in [3.8, 4) is 11.5 Å². The number of halogens is 1. The molecule has 8 nitrogen and oxygen atoms in total. The van der Waals surface area contributed by atoms with Crippen LogP contribution in [0.25, 0.3) is 10.9 Å². The number of nitrogens with two attached hydrogens (primary N) is 1. The van der Waals surface area contributed by atoms with Gasteiger partial charge >= 0.3 is 0 Å². The van der Waals surface area contributed by atoms with Crippen LogP contribution in [0.3, 0.4) is 0 Å². The first-order valence-electron chi connectivity index (χ1n) is 10.9. The Morgan fingerprint density at radius 2 is 2.00 bits per heavy atom. The molecular formula is C25H25ClN6O2. The fourth-order valence-electron chi connectivity index (χ4n) is 4.12. The van der Waals surface area contributed by atoms with Crippen LogP contribution in [0.5, 0.6) is 11.5 Å². The first-order valence-corrected chi connectivity index (χ1v) is 11.2. The molecule has 0 saturated carbocycles. The molecule has 0 radical (unpaired) electrons. The number of fused-ring (bicyclic) bond motifs is 1. The lowest BCUT2D eigenvalue weighted by molar-refractivity contribution is 0.125. The first kappa shape index (κ1) is 22.2. The van der Waals surface area contributed by atoms with E-state index in [1.54, 1.807) is 18.5 Å². The van der Waals surface area contributed by atoms with Gasteiger partial charge in [0.15, 0.2) is 0 Å². The lowest BCUT2D eigenvalue weighted by Crippen LogP contribution is -2.47. The van der Waals surface area contributed by atoms with Gasteiger partial charge in [-0.05, 0) is 62.7 Å². The molecule has 4 aromatic rings. The molecule has 1 atom stereocenters. The van der Waals surface area contributed by atoms with E-state index in [0.29, 0.717) is 23.2 Å². The topological polar surface area (TPSA) is 98.4 Å². The normalized spacial score (nSPS) is 17.2. The smallest absolute Gasteiger partial charge is 0.208 e. The molecule has 0 spiro atoms. The van der Waals surface area contributed by atoms with Crippen LogP contribution in [0, 0.1) is 6.92 Å². The summed E-state index contributed by atoms with van der Waals surface area (Å²) in [7, 11) is 0. The quantitative estimate of drug-likeness (QED) is 0.396.